The first-order valence-corrected chi connectivity index (χ1v) is 7.36. The highest BCUT2D eigenvalue weighted by molar-refractivity contribution is 9.10. The first-order chi connectivity index (χ1) is 10.5. The highest BCUT2D eigenvalue weighted by Gasteiger charge is 2.46. The highest BCUT2D eigenvalue weighted by Crippen LogP contribution is 2.39. The maximum absolute atomic E-state index is 12.1. The minimum Gasteiger partial charge on any atom is -0.465 e. The number of aliphatic hydroxyl groups is 1. The number of fused-ring (bicyclic) bond motifs is 1. The van der Waals surface area contributed by atoms with Gasteiger partial charge < -0.3 is 14.8 Å². The zero-order valence-electron chi connectivity index (χ0n) is 11.4. The van der Waals surface area contributed by atoms with Crippen LogP contribution in [0.5, 0.6) is 0 Å². The second-order valence-electron chi connectivity index (χ2n) is 5.00. The largest absolute Gasteiger partial charge is 0.465 e. The van der Waals surface area contributed by atoms with E-state index in [9.17, 15) is 14.7 Å². The molecule has 1 unspecified atom stereocenters. The number of anilines is 1. The summed E-state index contributed by atoms with van der Waals surface area (Å²) >= 11 is 3.30. The lowest BCUT2D eigenvalue weighted by Crippen LogP contribution is -2.36. The third-order valence-electron chi connectivity index (χ3n) is 3.46. The highest BCUT2D eigenvalue weighted by atomic mass is 79.9. The molecule has 6 heteroatoms. The molecule has 0 fully saturated rings. The van der Waals surface area contributed by atoms with Crippen LogP contribution in [0.25, 0.3) is 6.08 Å². The van der Waals surface area contributed by atoms with E-state index in [1.165, 1.54) is 18.4 Å². The lowest BCUT2D eigenvalue weighted by Gasteiger charge is -2.19. The van der Waals surface area contributed by atoms with Gasteiger partial charge in [0.05, 0.1) is 12.7 Å². The van der Waals surface area contributed by atoms with Crippen LogP contribution in [0.3, 0.4) is 0 Å². The van der Waals surface area contributed by atoms with Crippen molar-refractivity contribution in [3.63, 3.8) is 0 Å². The molecule has 1 aromatic heterocycles. The summed E-state index contributed by atoms with van der Waals surface area (Å²) in [4.78, 5) is 24.1. The number of hydrogen-bond acceptors (Lipinski definition) is 4. The summed E-state index contributed by atoms with van der Waals surface area (Å²) in [6.45, 7) is 0. The normalized spacial score (nSPS) is 20.2. The number of ketones is 1. The average Bonchev–Trinajstić information content (AvgIpc) is 3.06. The standard InChI is InChI=1S/C16H12BrNO4/c17-10-3-6-14-13(8-10)16(21,15(20)18-14)9-11(19)4-5-12-2-1-7-22-12/h1-8,21H,9H2,(H,18,20). The maximum Gasteiger partial charge on any atom is 0.261 e. The topological polar surface area (TPSA) is 79.5 Å². The van der Waals surface area contributed by atoms with Gasteiger partial charge in [0.2, 0.25) is 0 Å². The summed E-state index contributed by atoms with van der Waals surface area (Å²) in [5.74, 6) is -0.443. The molecule has 2 N–H and O–H groups in total. The van der Waals surface area contributed by atoms with Crippen molar-refractivity contribution in [2.45, 2.75) is 12.0 Å². The Hall–Kier alpha value is -2.18. The van der Waals surface area contributed by atoms with Gasteiger partial charge in [-0.05, 0) is 42.5 Å². The molecule has 2 heterocycles. The molecule has 1 amide bonds. The molecule has 0 radical (unpaired) electrons. The molecule has 0 bridgehead atoms. The van der Waals surface area contributed by atoms with Crippen LogP contribution in [-0.4, -0.2) is 16.8 Å². The first-order valence-electron chi connectivity index (χ1n) is 6.57. The second-order valence-corrected chi connectivity index (χ2v) is 5.91. The van der Waals surface area contributed by atoms with Crippen molar-refractivity contribution in [1.29, 1.82) is 0 Å². The van der Waals surface area contributed by atoms with Crippen LogP contribution in [0, 0.1) is 0 Å². The first kappa shape index (κ1) is 14.7. The third-order valence-corrected chi connectivity index (χ3v) is 3.95. The van der Waals surface area contributed by atoms with Crippen molar-refractivity contribution in [2.75, 3.05) is 5.32 Å². The van der Waals surface area contributed by atoms with Crippen molar-refractivity contribution in [2.24, 2.45) is 0 Å². The second kappa shape index (κ2) is 5.55. The van der Waals surface area contributed by atoms with Gasteiger partial charge in [0.1, 0.15) is 5.76 Å². The molecule has 0 spiro atoms. The summed E-state index contributed by atoms with van der Waals surface area (Å²) in [7, 11) is 0. The quantitative estimate of drug-likeness (QED) is 0.820. The van der Waals surface area contributed by atoms with Crippen LogP contribution in [-0.2, 0) is 15.2 Å². The average molecular weight is 362 g/mol. The Kier molecular flexibility index (Phi) is 3.72. The Morgan fingerprint density at radius 3 is 2.95 bits per heavy atom. The number of halogens is 1. The monoisotopic (exact) mass is 361 g/mol. The Bertz CT molecular complexity index is 766. The Labute approximate surface area is 134 Å². The van der Waals surface area contributed by atoms with Gasteiger partial charge in [-0.1, -0.05) is 15.9 Å². The van der Waals surface area contributed by atoms with Gasteiger partial charge in [0.25, 0.3) is 5.91 Å². The number of hydrogen-bond donors (Lipinski definition) is 2. The number of benzene rings is 1. The third kappa shape index (κ3) is 2.63. The molecule has 0 saturated heterocycles. The van der Waals surface area contributed by atoms with E-state index in [4.69, 9.17) is 4.42 Å². The Balaban J connectivity index is 1.83. The zero-order chi connectivity index (χ0) is 15.7. The van der Waals surface area contributed by atoms with E-state index in [0.29, 0.717) is 17.0 Å². The van der Waals surface area contributed by atoms with Crippen molar-refractivity contribution in [3.8, 4) is 0 Å². The van der Waals surface area contributed by atoms with E-state index in [1.54, 1.807) is 30.3 Å². The van der Waals surface area contributed by atoms with E-state index in [0.717, 1.165) is 4.47 Å². The SMILES string of the molecule is O=C(C=Cc1ccco1)CC1(O)C(=O)Nc2ccc(Br)cc21. The van der Waals surface area contributed by atoms with Gasteiger partial charge in [0, 0.05) is 15.7 Å². The molecule has 0 saturated carbocycles. The van der Waals surface area contributed by atoms with Gasteiger partial charge >= 0.3 is 0 Å². The smallest absolute Gasteiger partial charge is 0.261 e. The molecule has 1 aliphatic heterocycles. The van der Waals surface area contributed by atoms with Gasteiger partial charge in [0.15, 0.2) is 11.4 Å². The lowest BCUT2D eigenvalue weighted by molar-refractivity contribution is -0.138. The molecular weight excluding hydrogens is 350 g/mol. The van der Waals surface area contributed by atoms with E-state index < -0.39 is 11.5 Å². The van der Waals surface area contributed by atoms with Crippen LogP contribution >= 0.6 is 15.9 Å². The number of amides is 1. The van der Waals surface area contributed by atoms with Crippen LogP contribution in [0.2, 0.25) is 0 Å². The summed E-state index contributed by atoms with van der Waals surface area (Å²) in [5, 5.41) is 13.2. The summed E-state index contributed by atoms with van der Waals surface area (Å²) < 4.78 is 5.81. The molecule has 5 nitrogen and oxygen atoms in total. The molecule has 0 aliphatic carbocycles. The minimum atomic E-state index is -1.86. The maximum atomic E-state index is 12.1. The number of allylic oxidation sites excluding steroid dienone is 1. The fraction of sp³-hybridized carbons (Fsp3) is 0.125. The summed E-state index contributed by atoms with van der Waals surface area (Å²) in [6.07, 6.45) is 3.95. The van der Waals surface area contributed by atoms with E-state index >= 15 is 0 Å². The van der Waals surface area contributed by atoms with Crippen molar-refractivity contribution >= 4 is 39.4 Å². The lowest BCUT2D eigenvalue weighted by atomic mass is 9.90. The number of nitrogens with one attached hydrogen (secondary N) is 1. The van der Waals surface area contributed by atoms with Crippen LogP contribution in [0.15, 0.2) is 51.6 Å². The molecule has 112 valence electrons. The molecule has 22 heavy (non-hydrogen) atoms. The number of rotatable bonds is 4. The zero-order valence-corrected chi connectivity index (χ0v) is 13.0. The van der Waals surface area contributed by atoms with Crippen molar-refractivity contribution in [1.82, 2.24) is 0 Å². The molecular formula is C16H12BrNO4. The van der Waals surface area contributed by atoms with E-state index in [1.807, 2.05) is 0 Å². The fourth-order valence-corrected chi connectivity index (χ4v) is 2.72. The Morgan fingerprint density at radius 2 is 2.23 bits per heavy atom. The molecule has 2 aromatic rings. The number of carbonyl (C=O) groups is 2. The summed E-state index contributed by atoms with van der Waals surface area (Å²) in [5.41, 5.74) is -0.950. The molecule has 1 aliphatic rings. The predicted molar refractivity (Wildman–Crippen MR) is 84.0 cm³/mol. The van der Waals surface area contributed by atoms with Crippen LogP contribution in [0.1, 0.15) is 17.7 Å². The number of carbonyl (C=O) groups excluding carboxylic acids is 2. The van der Waals surface area contributed by atoms with Crippen LogP contribution < -0.4 is 5.32 Å². The molecule has 1 atom stereocenters. The fourth-order valence-electron chi connectivity index (χ4n) is 2.36. The van der Waals surface area contributed by atoms with Crippen molar-refractivity contribution in [3.05, 3.63) is 58.5 Å². The van der Waals surface area contributed by atoms with Gasteiger partial charge in [-0.2, -0.15) is 0 Å². The summed E-state index contributed by atoms with van der Waals surface area (Å²) in [6, 6.07) is 8.47. The van der Waals surface area contributed by atoms with E-state index in [-0.39, 0.29) is 12.2 Å². The van der Waals surface area contributed by atoms with E-state index in [2.05, 4.69) is 21.2 Å². The predicted octanol–water partition coefficient (Wildman–Crippen LogP) is 2.85. The van der Waals surface area contributed by atoms with Gasteiger partial charge in [-0.25, -0.2) is 0 Å². The van der Waals surface area contributed by atoms with Gasteiger partial charge in [-0.15, -0.1) is 0 Å². The minimum absolute atomic E-state index is 0.334. The van der Waals surface area contributed by atoms with Crippen molar-refractivity contribution < 1.29 is 19.1 Å². The number of furan rings is 1. The Morgan fingerprint density at radius 1 is 1.41 bits per heavy atom. The molecule has 1 aromatic carbocycles. The molecule has 3 rings (SSSR count). The van der Waals surface area contributed by atoms with Gasteiger partial charge in [-0.3, -0.25) is 9.59 Å². The van der Waals surface area contributed by atoms with Crippen LogP contribution in [0.4, 0.5) is 5.69 Å².